The van der Waals surface area contributed by atoms with Crippen molar-refractivity contribution in [2.45, 2.75) is 19.8 Å². The molecule has 2 N–H and O–H groups in total. The van der Waals surface area contributed by atoms with Crippen LogP contribution in [0.4, 0.5) is 5.69 Å². The smallest absolute Gasteiger partial charge is 0.253 e. The summed E-state index contributed by atoms with van der Waals surface area (Å²) in [5, 5.41) is 0. The Morgan fingerprint density at radius 3 is 2.55 bits per heavy atom. The van der Waals surface area contributed by atoms with Crippen LogP contribution in [0.2, 0.25) is 0 Å². The number of carbonyl (C=O) groups excluding carboxylic acids is 1. The van der Waals surface area contributed by atoms with Crippen LogP contribution in [-0.2, 0) is 0 Å². The number of aryl methyl sites for hydroxylation is 1. The van der Waals surface area contributed by atoms with Crippen molar-refractivity contribution in [1.29, 1.82) is 0 Å². The molecule has 1 aliphatic rings. The Bertz CT molecular complexity index is 477. The number of carbonyl (C=O) groups is 1. The quantitative estimate of drug-likeness (QED) is 0.858. The molecule has 1 heterocycles. The highest BCUT2D eigenvalue weighted by molar-refractivity contribution is 5.94. The van der Waals surface area contributed by atoms with E-state index < -0.39 is 0 Å². The van der Waals surface area contributed by atoms with Crippen molar-refractivity contribution in [2.24, 2.45) is 5.92 Å². The van der Waals surface area contributed by atoms with E-state index in [0.29, 0.717) is 5.92 Å². The first-order valence-electron chi connectivity index (χ1n) is 7.27. The van der Waals surface area contributed by atoms with Gasteiger partial charge in [0.05, 0.1) is 0 Å². The van der Waals surface area contributed by atoms with Gasteiger partial charge in [-0.3, -0.25) is 4.79 Å². The van der Waals surface area contributed by atoms with Crippen LogP contribution in [-0.4, -0.2) is 49.4 Å². The monoisotopic (exact) mass is 275 g/mol. The first-order valence-corrected chi connectivity index (χ1v) is 7.27. The predicted molar refractivity (Wildman–Crippen MR) is 82.8 cm³/mol. The van der Waals surface area contributed by atoms with Crippen LogP contribution in [0.15, 0.2) is 18.2 Å². The van der Waals surface area contributed by atoms with Gasteiger partial charge in [0.1, 0.15) is 0 Å². The van der Waals surface area contributed by atoms with Crippen molar-refractivity contribution >= 4 is 11.6 Å². The van der Waals surface area contributed by atoms with Crippen LogP contribution < -0.4 is 5.73 Å². The van der Waals surface area contributed by atoms with E-state index >= 15 is 0 Å². The lowest BCUT2D eigenvalue weighted by atomic mass is 9.96. The fourth-order valence-corrected chi connectivity index (χ4v) is 2.83. The number of hydrogen-bond acceptors (Lipinski definition) is 3. The predicted octanol–water partition coefficient (Wildman–Crippen LogP) is 1.99. The maximum atomic E-state index is 12.5. The lowest BCUT2D eigenvalue weighted by Gasteiger charge is -2.33. The molecule has 4 heteroatoms. The van der Waals surface area contributed by atoms with Gasteiger partial charge in [0, 0.05) is 30.9 Å². The van der Waals surface area contributed by atoms with Crippen molar-refractivity contribution < 1.29 is 4.79 Å². The number of nitrogens with zero attached hydrogens (tertiary/aromatic N) is 2. The van der Waals surface area contributed by atoms with E-state index in [1.807, 2.05) is 30.0 Å². The second-order valence-corrected chi connectivity index (χ2v) is 6.07. The van der Waals surface area contributed by atoms with E-state index in [1.165, 1.54) is 0 Å². The molecule has 1 amide bonds. The van der Waals surface area contributed by atoms with Crippen LogP contribution in [0.25, 0.3) is 0 Å². The fraction of sp³-hybridized carbons (Fsp3) is 0.562. The van der Waals surface area contributed by atoms with E-state index in [0.717, 1.165) is 49.3 Å². The topological polar surface area (TPSA) is 49.6 Å². The molecule has 1 aromatic rings. The number of amides is 1. The average molecular weight is 275 g/mol. The number of anilines is 1. The van der Waals surface area contributed by atoms with Crippen molar-refractivity contribution in [2.75, 3.05) is 39.5 Å². The van der Waals surface area contributed by atoms with E-state index in [2.05, 4.69) is 19.0 Å². The lowest BCUT2D eigenvalue weighted by Crippen LogP contribution is -2.40. The molecule has 0 radical (unpaired) electrons. The zero-order valence-electron chi connectivity index (χ0n) is 12.7. The second kappa shape index (κ2) is 6.27. The fourth-order valence-electron chi connectivity index (χ4n) is 2.83. The van der Waals surface area contributed by atoms with Crippen LogP contribution in [0, 0.1) is 12.8 Å². The van der Waals surface area contributed by atoms with Crippen LogP contribution in [0.5, 0.6) is 0 Å². The number of likely N-dealkylation sites (tertiary alicyclic amines) is 1. The highest BCUT2D eigenvalue weighted by Gasteiger charge is 2.23. The molecule has 2 rings (SSSR count). The van der Waals surface area contributed by atoms with E-state index in [4.69, 9.17) is 5.73 Å². The summed E-state index contributed by atoms with van der Waals surface area (Å²) in [7, 11) is 4.21. The van der Waals surface area contributed by atoms with Crippen LogP contribution >= 0.6 is 0 Å². The molecule has 1 saturated heterocycles. The molecule has 20 heavy (non-hydrogen) atoms. The number of benzene rings is 1. The zero-order valence-corrected chi connectivity index (χ0v) is 12.7. The second-order valence-electron chi connectivity index (χ2n) is 6.07. The molecule has 0 bridgehead atoms. The number of nitrogens with two attached hydrogens (primary N) is 1. The summed E-state index contributed by atoms with van der Waals surface area (Å²) >= 11 is 0. The Hall–Kier alpha value is -1.55. The van der Waals surface area contributed by atoms with Gasteiger partial charge in [-0.15, -0.1) is 0 Å². The molecule has 0 unspecified atom stereocenters. The summed E-state index contributed by atoms with van der Waals surface area (Å²) in [5.74, 6) is 0.846. The van der Waals surface area contributed by atoms with Gasteiger partial charge in [-0.25, -0.2) is 0 Å². The summed E-state index contributed by atoms with van der Waals surface area (Å²) in [6.07, 6.45) is 2.19. The molecule has 110 valence electrons. The third-order valence-electron chi connectivity index (χ3n) is 4.04. The SMILES string of the molecule is Cc1cc(C(=O)N2CCC(CN(C)C)CC2)ccc1N. The van der Waals surface area contributed by atoms with Crippen molar-refractivity contribution in [3.63, 3.8) is 0 Å². The highest BCUT2D eigenvalue weighted by atomic mass is 16.2. The van der Waals surface area contributed by atoms with Gasteiger partial charge in [-0.05, 0) is 63.5 Å². The summed E-state index contributed by atoms with van der Waals surface area (Å²) in [4.78, 5) is 16.7. The molecule has 0 atom stereocenters. The Balaban J connectivity index is 1.96. The Kier molecular flexibility index (Phi) is 4.65. The molecule has 1 aliphatic heterocycles. The normalized spacial score (nSPS) is 16.7. The minimum atomic E-state index is 0.136. The van der Waals surface area contributed by atoms with Gasteiger partial charge < -0.3 is 15.5 Å². The Morgan fingerprint density at radius 2 is 2.00 bits per heavy atom. The highest BCUT2D eigenvalue weighted by Crippen LogP contribution is 2.21. The Labute approximate surface area is 121 Å². The largest absolute Gasteiger partial charge is 0.399 e. The average Bonchev–Trinajstić information content (AvgIpc) is 2.41. The Morgan fingerprint density at radius 1 is 1.35 bits per heavy atom. The molecule has 4 nitrogen and oxygen atoms in total. The third kappa shape index (κ3) is 3.51. The zero-order chi connectivity index (χ0) is 14.7. The van der Waals surface area contributed by atoms with E-state index in [-0.39, 0.29) is 5.91 Å². The molecule has 0 aliphatic carbocycles. The minimum absolute atomic E-state index is 0.136. The van der Waals surface area contributed by atoms with Gasteiger partial charge in [0.2, 0.25) is 0 Å². The maximum absolute atomic E-state index is 12.5. The van der Waals surface area contributed by atoms with Crippen LogP contribution in [0.1, 0.15) is 28.8 Å². The third-order valence-corrected chi connectivity index (χ3v) is 4.04. The molecule has 0 aromatic heterocycles. The number of rotatable bonds is 3. The first kappa shape index (κ1) is 14.9. The molecular weight excluding hydrogens is 250 g/mol. The maximum Gasteiger partial charge on any atom is 0.253 e. The molecular formula is C16H25N3O. The van der Waals surface area contributed by atoms with E-state index in [1.54, 1.807) is 0 Å². The molecule has 1 aromatic carbocycles. The number of piperidine rings is 1. The minimum Gasteiger partial charge on any atom is -0.399 e. The molecule has 1 fully saturated rings. The van der Waals surface area contributed by atoms with Gasteiger partial charge in [0.15, 0.2) is 0 Å². The van der Waals surface area contributed by atoms with Crippen LogP contribution in [0.3, 0.4) is 0 Å². The summed E-state index contributed by atoms with van der Waals surface area (Å²) < 4.78 is 0. The summed E-state index contributed by atoms with van der Waals surface area (Å²) in [6.45, 7) is 4.78. The first-order chi connectivity index (χ1) is 9.47. The van der Waals surface area contributed by atoms with E-state index in [9.17, 15) is 4.79 Å². The van der Waals surface area contributed by atoms with Crippen molar-refractivity contribution in [3.05, 3.63) is 29.3 Å². The van der Waals surface area contributed by atoms with Crippen molar-refractivity contribution in [1.82, 2.24) is 9.80 Å². The van der Waals surface area contributed by atoms with Gasteiger partial charge >= 0.3 is 0 Å². The van der Waals surface area contributed by atoms with Gasteiger partial charge in [-0.1, -0.05) is 0 Å². The van der Waals surface area contributed by atoms with Crippen molar-refractivity contribution in [3.8, 4) is 0 Å². The summed E-state index contributed by atoms with van der Waals surface area (Å²) in [5.41, 5.74) is 8.27. The van der Waals surface area contributed by atoms with Gasteiger partial charge in [0.25, 0.3) is 5.91 Å². The molecule has 0 saturated carbocycles. The van der Waals surface area contributed by atoms with Gasteiger partial charge in [-0.2, -0.15) is 0 Å². The molecule has 0 spiro atoms. The standard InChI is InChI=1S/C16H25N3O/c1-12-10-14(4-5-15(12)17)16(20)19-8-6-13(7-9-19)11-18(2)3/h4-5,10,13H,6-9,11,17H2,1-3H3. The summed E-state index contributed by atoms with van der Waals surface area (Å²) in [6, 6.07) is 5.54. The number of hydrogen-bond donors (Lipinski definition) is 1. The lowest BCUT2D eigenvalue weighted by molar-refractivity contribution is 0.0678. The number of nitrogen functional groups attached to an aromatic ring is 1.